The molecule has 1 aromatic carbocycles. The van der Waals surface area contributed by atoms with Crippen LogP contribution in [0.3, 0.4) is 0 Å². The van der Waals surface area contributed by atoms with Gasteiger partial charge in [0.2, 0.25) is 0 Å². The van der Waals surface area contributed by atoms with Crippen LogP contribution in [0.4, 0.5) is 11.6 Å². The first-order valence-electron chi connectivity index (χ1n) is 8.84. The lowest BCUT2D eigenvalue weighted by Gasteiger charge is -2.39. The highest BCUT2D eigenvalue weighted by molar-refractivity contribution is 7.98. The summed E-state index contributed by atoms with van der Waals surface area (Å²) in [5.74, 6) is 2.06. The van der Waals surface area contributed by atoms with Crippen LogP contribution in [0, 0.1) is 6.92 Å². The summed E-state index contributed by atoms with van der Waals surface area (Å²) in [4.78, 5) is 13.2. The first-order valence-corrected chi connectivity index (χ1v) is 9.83. The summed E-state index contributed by atoms with van der Waals surface area (Å²) in [7, 11) is 4.01. The van der Waals surface area contributed by atoms with Gasteiger partial charge in [0.05, 0.1) is 6.10 Å². The molecule has 26 heavy (non-hydrogen) atoms. The highest BCUT2D eigenvalue weighted by Gasteiger charge is 2.30. The summed E-state index contributed by atoms with van der Waals surface area (Å²) < 4.78 is 0. The molecule has 2 aromatic rings. The molecule has 1 aromatic heterocycles. The molecule has 1 fully saturated rings. The van der Waals surface area contributed by atoms with Crippen LogP contribution in [0.2, 0.25) is 0 Å². The lowest BCUT2D eigenvalue weighted by Crippen LogP contribution is -2.52. The molecule has 0 unspecified atom stereocenters. The van der Waals surface area contributed by atoms with Crippen LogP contribution in [0.25, 0.3) is 0 Å². The third kappa shape index (κ3) is 4.66. The second-order valence-electron chi connectivity index (χ2n) is 7.04. The number of nitrogen functional groups attached to an aromatic ring is 1. The summed E-state index contributed by atoms with van der Waals surface area (Å²) in [6.45, 7) is 3.48. The Kier molecular flexibility index (Phi) is 6.01. The number of aliphatic hydroxyl groups excluding tert-OH is 1. The number of anilines is 2. The van der Waals surface area contributed by atoms with E-state index in [0.29, 0.717) is 17.5 Å². The Morgan fingerprint density at radius 1 is 1.27 bits per heavy atom. The van der Waals surface area contributed by atoms with Crippen LogP contribution >= 0.6 is 11.8 Å². The minimum absolute atomic E-state index is 0.181. The number of rotatable bonds is 5. The first-order chi connectivity index (χ1) is 12.4. The molecular formula is C19H27N5OS. The van der Waals surface area contributed by atoms with Crippen molar-refractivity contribution < 1.29 is 5.11 Å². The maximum atomic E-state index is 10.4. The van der Waals surface area contributed by atoms with Crippen molar-refractivity contribution in [1.29, 1.82) is 0 Å². The van der Waals surface area contributed by atoms with Crippen molar-refractivity contribution in [3.8, 4) is 0 Å². The van der Waals surface area contributed by atoms with E-state index in [9.17, 15) is 5.11 Å². The molecule has 0 amide bonds. The third-order valence-corrected chi connectivity index (χ3v) is 5.65. The quantitative estimate of drug-likeness (QED) is 0.614. The predicted molar refractivity (Wildman–Crippen MR) is 107 cm³/mol. The normalized spacial score (nSPS) is 20.6. The SMILES string of the molecule is Cc1ccc(CSc2nc(N)cc(N3CC[C@H](N(C)C)[C@@H](O)C3)n2)cc1. The molecule has 6 nitrogen and oxygen atoms in total. The fourth-order valence-electron chi connectivity index (χ4n) is 3.22. The molecule has 140 valence electrons. The largest absolute Gasteiger partial charge is 0.390 e. The monoisotopic (exact) mass is 373 g/mol. The topological polar surface area (TPSA) is 78.5 Å². The van der Waals surface area contributed by atoms with Gasteiger partial charge in [-0.15, -0.1) is 0 Å². The van der Waals surface area contributed by atoms with Gasteiger partial charge in [0.25, 0.3) is 0 Å². The Morgan fingerprint density at radius 3 is 2.65 bits per heavy atom. The van der Waals surface area contributed by atoms with Crippen LogP contribution in [0.15, 0.2) is 35.5 Å². The van der Waals surface area contributed by atoms with Crippen molar-refractivity contribution in [3.63, 3.8) is 0 Å². The van der Waals surface area contributed by atoms with Crippen LogP contribution in [0.5, 0.6) is 0 Å². The van der Waals surface area contributed by atoms with E-state index in [2.05, 4.69) is 51.0 Å². The molecular weight excluding hydrogens is 346 g/mol. The lowest BCUT2D eigenvalue weighted by atomic mass is 10.0. The van der Waals surface area contributed by atoms with Gasteiger partial charge in [0.1, 0.15) is 11.6 Å². The lowest BCUT2D eigenvalue weighted by molar-refractivity contribution is 0.0628. The van der Waals surface area contributed by atoms with Gasteiger partial charge in [-0.3, -0.25) is 0 Å². The van der Waals surface area contributed by atoms with Crippen molar-refractivity contribution in [1.82, 2.24) is 14.9 Å². The van der Waals surface area contributed by atoms with E-state index in [4.69, 9.17) is 5.73 Å². The fourth-order valence-corrected chi connectivity index (χ4v) is 4.03. The number of benzene rings is 1. The number of nitrogens with zero attached hydrogens (tertiary/aromatic N) is 4. The summed E-state index contributed by atoms with van der Waals surface area (Å²) in [6, 6.07) is 10.4. The Balaban J connectivity index is 1.68. The number of hydrogen-bond acceptors (Lipinski definition) is 7. The minimum Gasteiger partial charge on any atom is -0.390 e. The third-order valence-electron chi connectivity index (χ3n) is 4.73. The summed E-state index contributed by atoms with van der Waals surface area (Å²) >= 11 is 1.58. The Morgan fingerprint density at radius 2 is 2.00 bits per heavy atom. The minimum atomic E-state index is -0.404. The zero-order valence-electron chi connectivity index (χ0n) is 15.6. The number of aliphatic hydroxyl groups is 1. The zero-order valence-corrected chi connectivity index (χ0v) is 16.4. The number of piperidine rings is 1. The molecule has 2 atom stereocenters. The van der Waals surface area contributed by atoms with Gasteiger partial charge in [-0.1, -0.05) is 41.6 Å². The van der Waals surface area contributed by atoms with Crippen molar-refractivity contribution in [2.75, 3.05) is 37.8 Å². The highest BCUT2D eigenvalue weighted by atomic mass is 32.2. The number of aryl methyl sites for hydroxylation is 1. The van der Waals surface area contributed by atoms with Gasteiger partial charge < -0.3 is 20.6 Å². The fraction of sp³-hybridized carbons (Fsp3) is 0.474. The molecule has 2 heterocycles. The van der Waals surface area contributed by atoms with E-state index in [1.807, 2.05) is 14.1 Å². The molecule has 0 radical (unpaired) electrons. The smallest absolute Gasteiger partial charge is 0.191 e. The van der Waals surface area contributed by atoms with E-state index >= 15 is 0 Å². The molecule has 0 spiro atoms. The van der Waals surface area contributed by atoms with Crippen LogP contribution in [-0.2, 0) is 5.75 Å². The number of hydrogen-bond donors (Lipinski definition) is 2. The number of β-amino-alcohol motifs (C(OH)–C–C–N with tert-alkyl or cyclic N) is 1. The van der Waals surface area contributed by atoms with Crippen LogP contribution < -0.4 is 10.6 Å². The zero-order chi connectivity index (χ0) is 18.7. The molecule has 0 bridgehead atoms. The van der Waals surface area contributed by atoms with Gasteiger partial charge in [-0.05, 0) is 33.0 Å². The van der Waals surface area contributed by atoms with E-state index in [1.54, 1.807) is 17.8 Å². The maximum absolute atomic E-state index is 10.4. The maximum Gasteiger partial charge on any atom is 0.191 e. The van der Waals surface area contributed by atoms with Gasteiger partial charge in [0, 0.05) is 31.0 Å². The van der Waals surface area contributed by atoms with Gasteiger partial charge in [-0.25, -0.2) is 9.97 Å². The molecule has 3 rings (SSSR count). The highest BCUT2D eigenvalue weighted by Crippen LogP contribution is 2.26. The van der Waals surface area contributed by atoms with Crippen LogP contribution in [0.1, 0.15) is 17.5 Å². The number of nitrogens with two attached hydrogens (primary N) is 1. The predicted octanol–water partition coefficient (Wildman–Crippen LogP) is 2.16. The molecule has 0 saturated carbocycles. The summed E-state index contributed by atoms with van der Waals surface area (Å²) in [6.07, 6.45) is 0.489. The van der Waals surface area contributed by atoms with Gasteiger partial charge >= 0.3 is 0 Å². The second-order valence-corrected chi connectivity index (χ2v) is 7.98. The molecule has 0 aliphatic carbocycles. The Bertz CT molecular complexity index is 737. The molecule has 1 saturated heterocycles. The second kappa shape index (κ2) is 8.24. The average molecular weight is 374 g/mol. The van der Waals surface area contributed by atoms with E-state index in [0.717, 1.165) is 24.5 Å². The van der Waals surface area contributed by atoms with E-state index in [1.165, 1.54) is 11.1 Å². The Labute approximate surface area is 159 Å². The van der Waals surface area contributed by atoms with Crippen LogP contribution in [-0.4, -0.2) is 59.3 Å². The number of likely N-dealkylation sites (N-methyl/N-ethyl adjacent to an activating group) is 1. The van der Waals surface area contributed by atoms with Crippen molar-refractivity contribution >= 4 is 23.4 Å². The molecule has 1 aliphatic rings. The summed E-state index contributed by atoms with van der Waals surface area (Å²) in [5, 5.41) is 11.1. The molecule has 1 aliphatic heterocycles. The standard InChI is InChI=1S/C19H27N5OS/c1-13-4-6-14(7-5-13)12-26-19-21-17(20)10-18(22-19)24-9-8-15(23(2)3)16(25)11-24/h4-7,10,15-16,25H,8-9,11-12H2,1-3H3,(H2,20,21,22)/t15-,16-/m0/s1. The van der Waals surface area contributed by atoms with Gasteiger partial charge in [-0.2, -0.15) is 0 Å². The van der Waals surface area contributed by atoms with E-state index in [-0.39, 0.29) is 6.04 Å². The summed E-state index contributed by atoms with van der Waals surface area (Å²) in [5.41, 5.74) is 8.49. The first kappa shape index (κ1) is 18.9. The van der Waals surface area contributed by atoms with Crippen molar-refractivity contribution in [2.45, 2.75) is 36.4 Å². The Hall–Kier alpha value is -1.83. The van der Waals surface area contributed by atoms with Crippen molar-refractivity contribution in [3.05, 3.63) is 41.5 Å². The number of aromatic nitrogens is 2. The van der Waals surface area contributed by atoms with E-state index < -0.39 is 6.10 Å². The van der Waals surface area contributed by atoms with Gasteiger partial charge in [0.15, 0.2) is 5.16 Å². The molecule has 7 heteroatoms. The number of thioether (sulfide) groups is 1. The molecule has 3 N–H and O–H groups in total. The van der Waals surface area contributed by atoms with Crippen molar-refractivity contribution in [2.24, 2.45) is 0 Å². The average Bonchev–Trinajstić information content (AvgIpc) is 2.60.